The Labute approximate surface area is 142 Å². The lowest BCUT2D eigenvalue weighted by atomic mass is 9.95. The smallest absolute Gasteiger partial charge is 0.0970 e. The Balaban J connectivity index is 5.23. The van der Waals surface area contributed by atoms with Crippen molar-refractivity contribution in [3.8, 4) is 0 Å². The summed E-state index contributed by atoms with van der Waals surface area (Å²) >= 11 is 1.74. The van der Waals surface area contributed by atoms with Crippen LogP contribution in [-0.4, -0.2) is 30.4 Å². The third-order valence-corrected chi connectivity index (χ3v) is 4.25. The lowest BCUT2D eigenvalue weighted by molar-refractivity contribution is 0.438. The highest BCUT2D eigenvalue weighted by atomic mass is 32.2. The highest BCUT2D eigenvalue weighted by molar-refractivity contribution is 8.13. The standard InChI is InChI=1S/C19H34N2S/c1-8-11-18(19(22-7)20-12-9-2)13-17(10-3)16(6)21-14-15(4)5/h8,11,13,16-17,21H,4,9-10,12,14H2,1-3,5-7H3/b11-8-,18-13+,20-19-/t16?,17-/m1/s1. The molecule has 0 aromatic heterocycles. The zero-order chi connectivity index (χ0) is 17.0. The number of aliphatic imine (C=N–C) groups is 1. The summed E-state index contributed by atoms with van der Waals surface area (Å²) in [5, 5.41) is 4.71. The fraction of sp³-hybridized carbons (Fsp3) is 0.632. The van der Waals surface area contributed by atoms with Gasteiger partial charge in [-0.1, -0.05) is 44.2 Å². The van der Waals surface area contributed by atoms with Gasteiger partial charge in [0.2, 0.25) is 0 Å². The zero-order valence-corrected chi connectivity index (χ0v) is 16.1. The van der Waals surface area contributed by atoms with E-state index in [2.05, 4.69) is 71.0 Å². The maximum absolute atomic E-state index is 4.73. The van der Waals surface area contributed by atoms with Gasteiger partial charge in [-0.05, 0) is 45.8 Å². The molecule has 0 bridgehead atoms. The third kappa shape index (κ3) is 8.60. The number of allylic oxidation sites excluding steroid dienone is 2. The van der Waals surface area contributed by atoms with E-state index in [0.717, 1.165) is 31.0 Å². The lowest BCUT2D eigenvalue weighted by Gasteiger charge is -2.22. The molecule has 22 heavy (non-hydrogen) atoms. The topological polar surface area (TPSA) is 24.4 Å². The Kier molecular flexibility index (Phi) is 12.3. The molecule has 0 rings (SSSR count). The van der Waals surface area contributed by atoms with Gasteiger partial charge >= 0.3 is 0 Å². The Bertz CT molecular complexity index is 408. The summed E-state index contributed by atoms with van der Waals surface area (Å²) in [4.78, 5) is 4.73. The minimum atomic E-state index is 0.427. The van der Waals surface area contributed by atoms with Crippen LogP contribution in [0.5, 0.6) is 0 Å². The number of nitrogens with zero attached hydrogens (tertiary/aromatic N) is 1. The quantitative estimate of drug-likeness (QED) is 0.257. The van der Waals surface area contributed by atoms with Crippen molar-refractivity contribution >= 4 is 16.8 Å². The van der Waals surface area contributed by atoms with Crippen LogP contribution in [0.15, 0.2) is 40.9 Å². The molecule has 0 aliphatic heterocycles. The molecule has 126 valence electrons. The fourth-order valence-corrected chi connectivity index (χ4v) is 2.79. The predicted octanol–water partition coefficient (Wildman–Crippen LogP) is 5.24. The maximum Gasteiger partial charge on any atom is 0.0970 e. The van der Waals surface area contributed by atoms with Crippen LogP contribution in [0.25, 0.3) is 0 Å². The van der Waals surface area contributed by atoms with E-state index in [4.69, 9.17) is 4.99 Å². The largest absolute Gasteiger partial charge is 0.310 e. The van der Waals surface area contributed by atoms with Crippen molar-refractivity contribution in [1.29, 1.82) is 0 Å². The monoisotopic (exact) mass is 322 g/mol. The van der Waals surface area contributed by atoms with Crippen molar-refractivity contribution in [1.82, 2.24) is 5.32 Å². The summed E-state index contributed by atoms with van der Waals surface area (Å²) in [5.41, 5.74) is 2.42. The molecule has 1 N–H and O–H groups in total. The molecule has 0 aliphatic rings. The molecule has 0 saturated heterocycles. The van der Waals surface area contributed by atoms with Gasteiger partial charge in [0.25, 0.3) is 0 Å². The average molecular weight is 323 g/mol. The van der Waals surface area contributed by atoms with Crippen molar-refractivity contribution in [2.24, 2.45) is 10.9 Å². The SMILES string of the molecule is C=C(C)CNC(C)[C@@H](/C=C(\C=C/C)C(=N/CCC)/SC)CC. The molecule has 0 radical (unpaired) electrons. The van der Waals surface area contributed by atoms with Gasteiger partial charge in [-0.15, -0.1) is 11.8 Å². The molecular formula is C19H34N2S. The van der Waals surface area contributed by atoms with Crippen molar-refractivity contribution in [2.75, 3.05) is 19.3 Å². The van der Waals surface area contributed by atoms with Crippen molar-refractivity contribution in [3.63, 3.8) is 0 Å². The maximum atomic E-state index is 4.73. The first-order chi connectivity index (χ1) is 10.5. The summed E-state index contributed by atoms with van der Waals surface area (Å²) in [7, 11) is 0. The highest BCUT2D eigenvalue weighted by Crippen LogP contribution is 2.19. The van der Waals surface area contributed by atoms with Crippen LogP contribution in [0.3, 0.4) is 0 Å². The van der Waals surface area contributed by atoms with Crippen LogP contribution in [-0.2, 0) is 0 Å². The summed E-state index contributed by atoms with van der Waals surface area (Å²) < 4.78 is 0. The molecule has 0 spiro atoms. The van der Waals surface area contributed by atoms with Gasteiger partial charge < -0.3 is 5.32 Å². The van der Waals surface area contributed by atoms with E-state index in [1.54, 1.807) is 11.8 Å². The van der Waals surface area contributed by atoms with Crippen molar-refractivity contribution in [2.45, 2.75) is 53.5 Å². The van der Waals surface area contributed by atoms with E-state index in [1.165, 1.54) is 11.1 Å². The third-order valence-electron chi connectivity index (χ3n) is 3.50. The average Bonchev–Trinajstić information content (AvgIpc) is 2.50. The molecule has 0 aromatic rings. The van der Waals surface area contributed by atoms with Crippen LogP contribution in [0, 0.1) is 5.92 Å². The molecule has 0 fully saturated rings. The normalized spacial score (nSPS) is 16.1. The predicted molar refractivity (Wildman–Crippen MR) is 105 cm³/mol. The van der Waals surface area contributed by atoms with Crippen LogP contribution in [0.1, 0.15) is 47.5 Å². The molecule has 1 unspecified atom stereocenters. The molecular weight excluding hydrogens is 288 g/mol. The summed E-state index contributed by atoms with van der Waals surface area (Å²) in [5.74, 6) is 0.490. The number of nitrogens with one attached hydrogen (secondary N) is 1. The first-order valence-corrected chi connectivity index (χ1v) is 9.53. The van der Waals surface area contributed by atoms with Gasteiger partial charge in [-0.25, -0.2) is 0 Å². The minimum Gasteiger partial charge on any atom is -0.310 e. The van der Waals surface area contributed by atoms with Crippen LogP contribution >= 0.6 is 11.8 Å². The molecule has 3 heteroatoms. The second kappa shape index (κ2) is 12.7. The minimum absolute atomic E-state index is 0.427. The van der Waals surface area contributed by atoms with Gasteiger partial charge in [0.1, 0.15) is 0 Å². The Hall–Kier alpha value is -0.800. The van der Waals surface area contributed by atoms with Crippen LogP contribution in [0.2, 0.25) is 0 Å². The summed E-state index contributed by atoms with van der Waals surface area (Å²) in [6.45, 7) is 16.5. The molecule has 0 saturated carbocycles. The number of thioether (sulfide) groups is 1. The molecule has 0 aliphatic carbocycles. The molecule has 0 aromatic carbocycles. The fourth-order valence-electron chi connectivity index (χ4n) is 2.20. The Morgan fingerprint density at radius 3 is 2.50 bits per heavy atom. The van der Waals surface area contributed by atoms with Gasteiger partial charge in [0.05, 0.1) is 5.04 Å². The molecule has 2 nitrogen and oxygen atoms in total. The number of hydrogen-bond donors (Lipinski definition) is 1. The Morgan fingerprint density at radius 2 is 2.05 bits per heavy atom. The highest BCUT2D eigenvalue weighted by Gasteiger charge is 2.14. The molecule has 0 heterocycles. The van der Waals surface area contributed by atoms with Gasteiger partial charge in [0.15, 0.2) is 0 Å². The van der Waals surface area contributed by atoms with Crippen LogP contribution < -0.4 is 5.32 Å². The zero-order valence-electron chi connectivity index (χ0n) is 15.3. The summed E-state index contributed by atoms with van der Waals surface area (Å²) in [6.07, 6.45) is 11.0. The molecule has 0 amide bonds. The van der Waals surface area contributed by atoms with Gasteiger partial charge in [-0.2, -0.15) is 0 Å². The van der Waals surface area contributed by atoms with Gasteiger partial charge in [-0.3, -0.25) is 4.99 Å². The van der Waals surface area contributed by atoms with E-state index in [1.807, 2.05) is 0 Å². The van der Waals surface area contributed by atoms with E-state index in [-0.39, 0.29) is 0 Å². The lowest BCUT2D eigenvalue weighted by Crippen LogP contribution is -2.33. The Morgan fingerprint density at radius 1 is 1.36 bits per heavy atom. The van der Waals surface area contributed by atoms with Crippen molar-refractivity contribution < 1.29 is 0 Å². The first kappa shape index (κ1) is 21.2. The second-order valence-electron chi connectivity index (χ2n) is 5.71. The summed E-state index contributed by atoms with van der Waals surface area (Å²) in [6, 6.07) is 0.427. The van der Waals surface area contributed by atoms with E-state index >= 15 is 0 Å². The first-order valence-electron chi connectivity index (χ1n) is 8.31. The van der Waals surface area contributed by atoms with Crippen molar-refractivity contribution in [3.05, 3.63) is 36.0 Å². The van der Waals surface area contributed by atoms with E-state index < -0.39 is 0 Å². The van der Waals surface area contributed by atoms with Crippen LogP contribution in [0.4, 0.5) is 0 Å². The second-order valence-corrected chi connectivity index (χ2v) is 6.51. The van der Waals surface area contributed by atoms with Gasteiger partial charge in [0, 0.05) is 24.7 Å². The molecule has 2 atom stereocenters. The number of hydrogen-bond acceptors (Lipinski definition) is 3. The van der Waals surface area contributed by atoms with E-state index in [0.29, 0.717) is 12.0 Å². The number of rotatable bonds is 10. The van der Waals surface area contributed by atoms with E-state index in [9.17, 15) is 0 Å².